The van der Waals surface area contributed by atoms with Crippen LogP contribution in [0.2, 0.25) is 0 Å². The molecule has 1 aromatic carbocycles. The van der Waals surface area contributed by atoms with E-state index in [1.807, 2.05) is 30.3 Å². The van der Waals surface area contributed by atoms with E-state index in [1.165, 1.54) is 11.5 Å². The molecule has 0 radical (unpaired) electrons. The van der Waals surface area contributed by atoms with Gasteiger partial charge in [-0.25, -0.2) is 0 Å². The van der Waals surface area contributed by atoms with E-state index in [1.54, 1.807) is 19.3 Å². The highest BCUT2D eigenvalue weighted by Gasteiger charge is 2.14. The Morgan fingerprint density at radius 2 is 1.89 bits per heavy atom. The minimum Gasteiger partial charge on any atom is -0.488 e. The highest BCUT2D eigenvalue weighted by atomic mass is 16.5. The smallest absolute Gasteiger partial charge is 0.264 e. The van der Waals surface area contributed by atoms with Gasteiger partial charge in [-0.15, -0.1) is 0 Å². The third kappa shape index (κ3) is 2.91. The Morgan fingerprint density at radius 3 is 2.53 bits per heavy atom. The van der Waals surface area contributed by atoms with Crippen molar-refractivity contribution in [3.05, 3.63) is 64.1 Å². The van der Waals surface area contributed by atoms with E-state index < -0.39 is 0 Å². The summed E-state index contributed by atoms with van der Waals surface area (Å²) in [6, 6.07) is 11.2. The summed E-state index contributed by atoms with van der Waals surface area (Å²) in [7, 11) is 1.61. The predicted octanol–water partition coefficient (Wildman–Crippen LogP) is 2.17. The van der Waals surface area contributed by atoms with E-state index in [0.717, 1.165) is 5.56 Å². The van der Waals surface area contributed by atoms with Crippen LogP contribution in [0.3, 0.4) is 0 Å². The lowest BCUT2D eigenvalue weighted by molar-refractivity contribution is 0.101. The summed E-state index contributed by atoms with van der Waals surface area (Å²) in [5.74, 6) is 0.0451. The first-order valence-corrected chi connectivity index (χ1v) is 5.97. The van der Waals surface area contributed by atoms with E-state index >= 15 is 0 Å². The van der Waals surface area contributed by atoms with Gasteiger partial charge in [-0.1, -0.05) is 30.3 Å². The third-order valence-electron chi connectivity index (χ3n) is 2.82. The molecule has 0 N–H and O–H groups in total. The minimum atomic E-state index is -0.335. The average Bonchev–Trinajstić information content (AvgIpc) is 2.41. The van der Waals surface area contributed by atoms with Gasteiger partial charge >= 0.3 is 0 Å². The van der Waals surface area contributed by atoms with Gasteiger partial charge in [-0.3, -0.25) is 9.59 Å². The molecule has 0 spiro atoms. The van der Waals surface area contributed by atoms with Crippen molar-refractivity contribution in [1.82, 2.24) is 4.57 Å². The fourth-order valence-corrected chi connectivity index (χ4v) is 1.79. The number of hydrogen-bond acceptors (Lipinski definition) is 3. The molecule has 2 aromatic rings. The Labute approximate surface area is 111 Å². The van der Waals surface area contributed by atoms with E-state index in [9.17, 15) is 9.59 Å². The quantitative estimate of drug-likeness (QED) is 0.789. The van der Waals surface area contributed by atoms with Crippen molar-refractivity contribution in [3.8, 4) is 5.75 Å². The van der Waals surface area contributed by atoms with Crippen LogP contribution in [0.15, 0.2) is 47.4 Å². The van der Waals surface area contributed by atoms with Crippen molar-refractivity contribution in [2.45, 2.75) is 13.5 Å². The Hall–Kier alpha value is -2.36. The van der Waals surface area contributed by atoms with Gasteiger partial charge in [0, 0.05) is 13.2 Å². The van der Waals surface area contributed by atoms with Gasteiger partial charge in [0.15, 0.2) is 5.78 Å². The van der Waals surface area contributed by atoms with Gasteiger partial charge in [0.1, 0.15) is 17.9 Å². The van der Waals surface area contributed by atoms with E-state index in [0.29, 0.717) is 12.4 Å². The van der Waals surface area contributed by atoms with Crippen molar-refractivity contribution in [1.29, 1.82) is 0 Å². The number of ether oxygens (including phenoxy) is 1. The third-order valence-corrected chi connectivity index (χ3v) is 2.82. The zero-order chi connectivity index (χ0) is 13.8. The number of carbonyl (C=O) groups excluding carboxylic acids is 1. The number of pyridine rings is 1. The summed E-state index contributed by atoms with van der Waals surface area (Å²) in [6.45, 7) is 1.69. The molecular formula is C15H15NO3. The Bertz CT molecular complexity index is 644. The molecule has 0 saturated carbocycles. The maximum absolute atomic E-state index is 11.9. The topological polar surface area (TPSA) is 48.3 Å². The van der Waals surface area contributed by atoms with Crippen LogP contribution in [0.1, 0.15) is 22.8 Å². The van der Waals surface area contributed by atoms with Crippen LogP contribution in [0, 0.1) is 0 Å². The second-order valence-corrected chi connectivity index (χ2v) is 4.30. The zero-order valence-electron chi connectivity index (χ0n) is 10.9. The summed E-state index contributed by atoms with van der Waals surface area (Å²) in [6.07, 6.45) is 1.59. The van der Waals surface area contributed by atoms with Crippen LogP contribution < -0.4 is 10.3 Å². The molecule has 0 bridgehead atoms. The molecule has 19 heavy (non-hydrogen) atoms. The van der Waals surface area contributed by atoms with Crippen LogP contribution >= 0.6 is 0 Å². The molecule has 98 valence electrons. The summed E-state index contributed by atoms with van der Waals surface area (Å²) in [5.41, 5.74) is 0.747. The number of aromatic nitrogens is 1. The lowest BCUT2D eigenvalue weighted by Gasteiger charge is -2.10. The summed E-state index contributed by atoms with van der Waals surface area (Å²) >= 11 is 0. The molecule has 0 aliphatic heterocycles. The first kappa shape index (κ1) is 13.1. The molecule has 0 unspecified atom stereocenters. The molecule has 0 fully saturated rings. The second kappa shape index (κ2) is 5.52. The van der Waals surface area contributed by atoms with E-state index in [2.05, 4.69) is 0 Å². The molecule has 0 amide bonds. The molecule has 0 saturated heterocycles. The highest BCUT2D eigenvalue weighted by molar-refractivity contribution is 5.96. The molecule has 1 aromatic heterocycles. The standard InChI is InChI=1S/C15H15NO3/c1-11(17)14-13(8-9-16(2)15(14)18)19-10-12-6-4-3-5-7-12/h3-9H,10H2,1-2H3. The molecular weight excluding hydrogens is 242 g/mol. The lowest BCUT2D eigenvalue weighted by atomic mass is 10.2. The molecule has 0 atom stereocenters. The fraction of sp³-hybridized carbons (Fsp3) is 0.200. The first-order valence-electron chi connectivity index (χ1n) is 5.97. The van der Waals surface area contributed by atoms with Crippen molar-refractivity contribution >= 4 is 5.78 Å². The predicted molar refractivity (Wildman–Crippen MR) is 72.5 cm³/mol. The molecule has 1 heterocycles. The van der Waals surface area contributed by atoms with Gasteiger partial charge in [-0.05, 0) is 18.6 Å². The Balaban J connectivity index is 2.28. The van der Waals surface area contributed by atoms with Crippen LogP contribution in [-0.2, 0) is 13.7 Å². The van der Waals surface area contributed by atoms with Crippen LogP contribution in [-0.4, -0.2) is 10.4 Å². The maximum atomic E-state index is 11.9. The molecule has 0 aliphatic rings. The molecule has 2 rings (SSSR count). The fourth-order valence-electron chi connectivity index (χ4n) is 1.79. The van der Waals surface area contributed by atoms with Crippen molar-refractivity contribution < 1.29 is 9.53 Å². The normalized spacial score (nSPS) is 10.2. The summed E-state index contributed by atoms with van der Waals surface area (Å²) < 4.78 is 6.95. The number of aryl methyl sites for hydroxylation is 1. The number of nitrogens with zero attached hydrogens (tertiary/aromatic N) is 1. The average molecular weight is 257 g/mol. The zero-order valence-corrected chi connectivity index (χ0v) is 10.9. The number of carbonyl (C=O) groups is 1. The minimum absolute atomic E-state index is 0.0981. The van der Waals surface area contributed by atoms with E-state index in [4.69, 9.17) is 4.74 Å². The molecule has 4 nitrogen and oxygen atoms in total. The van der Waals surface area contributed by atoms with Crippen LogP contribution in [0.5, 0.6) is 5.75 Å². The van der Waals surface area contributed by atoms with Crippen molar-refractivity contribution in [2.24, 2.45) is 7.05 Å². The SMILES string of the molecule is CC(=O)c1c(OCc2ccccc2)ccn(C)c1=O. The number of ketones is 1. The number of benzene rings is 1. The largest absolute Gasteiger partial charge is 0.488 e. The molecule has 4 heteroatoms. The second-order valence-electron chi connectivity index (χ2n) is 4.30. The van der Waals surface area contributed by atoms with Crippen molar-refractivity contribution in [2.75, 3.05) is 0 Å². The van der Waals surface area contributed by atoms with Gasteiger partial charge in [0.25, 0.3) is 5.56 Å². The van der Waals surface area contributed by atoms with Gasteiger partial charge in [-0.2, -0.15) is 0 Å². The van der Waals surface area contributed by atoms with Crippen LogP contribution in [0.4, 0.5) is 0 Å². The first-order chi connectivity index (χ1) is 9.09. The Morgan fingerprint density at radius 1 is 1.21 bits per heavy atom. The number of rotatable bonds is 4. The van der Waals surface area contributed by atoms with Gasteiger partial charge < -0.3 is 9.30 Å². The van der Waals surface area contributed by atoms with E-state index in [-0.39, 0.29) is 16.9 Å². The lowest BCUT2D eigenvalue weighted by Crippen LogP contribution is -2.23. The number of hydrogen-bond donors (Lipinski definition) is 0. The van der Waals surface area contributed by atoms with Crippen molar-refractivity contribution in [3.63, 3.8) is 0 Å². The van der Waals surface area contributed by atoms with Gasteiger partial charge in [0.2, 0.25) is 0 Å². The molecule has 0 aliphatic carbocycles. The monoisotopic (exact) mass is 257 g/mol. The van der Waals surface area contributed by atoms with Gasteiger partial charge in [0.05, 0.1) is 0 Å². The summed E-state index contributed by atoms with van der Waals surface area (Å²) in [5, 5.41) is 0. The highest BCUT2D eigenvalue weighted by Crippen LogP contribution is 2.16. The summed E-state index contributed by atoms with van der Waals surface area (Å²) in [4.78, 5) is 23.5. The Kier molecular flexibility index (Phi) is 3.80. The van der Waals surface area contributed by atoms with Crippen LogP contribution in [0.25, 0.3) is 0 Å². The maximum Gasteiger partial charge on any atom is 0.264 e. The number of Topliss-reactive ketones (excluding diaryl/α,β-unsaturated/α-hetero) is 1.